The Balaban J connectivity index is 2.64. The van der Waals surface area contributed by atoms with Crippen LogP contribution >= 0.6 is 0 Å². The van der Waals surface area contributed by atoms with E-state index in [4.69, 9.17) is 5.73 Å². The van der Waals surface area contributed by atoms with Crippen LogP contribution in [-0.2, 0) is 16.6 Å². The van der Waals surface area contributed by atoms with Gasteiger partial charge < -0.3 is 5.73 Å². The lowest BCUT2D eigenvalue weighted by Crippen LogP contribution is -2.36. The van der Waals surface area contributed by atoms with Crippen molar-refractivity contribution < 1.29 is 8.42 Å². The number of sulfonamides is 1. The van der Waals surface area contributed by atoms with Crippen molar-refractivity contribution in [3.8, 4) is 0 Å². The number of nitrogens with two attached hydrogens (primary N) is 1. The summed E-state index contributed by atoms with van der Waals surface area (Å²) in [5.41, 5.74) is 7.56. The van der Waals surface area contributed by atoms with E-state index in [1.807, 2.05) is 24.3 Å². The Morgan fingerprint density at radius 2 is 1.72 bits per heavy atom. The van der Waals surface area contributed by atoms with Crippen LogP contribution in [0.4, 0.5) is 0 Å². The fourth-order valence-corrected chi connectivity index (χ4v) is 2.38. The van der Waals surface area contributed by atoms with Crippen LogP contribution in [0.3, 0.4) is 0 Å². The predicted molar refractivity (Wildman–Crippen MR) is 74.8 cm³/mol. The summed E-state index contributed by atoms with van der Waals surface area (Å²) >= 11 is 0. The van der Waals surface area contributed by atoms with E-state index >= 15 is 0 Å². The standard InChI is InChI=1S/C13H22N2O2S/c1-10(2)13-6-4-12(5-7-13)9-15-18(16,17)11(3)8-14/h4-7,10-11,15H,8-9,14H2,1-3H3. The van der Waals surface area contributed by atoms with Crippen LogP contribution in [0, 0.1) is 0 Å². The number of benzene rings is 1. The van der Waals surface area contributed by atoms with Gasteiger partial charge in [0.2, 0.25) is 10.0 Å². The van der Waals surface area contributed by atoms with Crippen molar-refractivity contribution in [3.05, 3.63) is 35.4 Å². The van der Waals surface area contributed by atoms with E-state index in [9.17, 15) is 8.42 Å². The molecule has 1 rings (SSSR count). The molecule has 0 aliphatic rings. The molecule has 102 valence electrons. The van der Waals surface area contributed by atoms with Gasteiger partial charge in [-0.05, 0) is 24.0 Å². The summed E-state index contributed by atoms with van der Waals surface area (Å²) in [6.07, 6.45) is 0. The zero-order valence-corrected chi connectivity index (χ0v) is 12.0. The van der Waals surface area contributed by atoms with Crippen LogP contribution < -0.4 is 10.5 Å². The summed E-state index contributed by atoms with van der Waals surface area (Å²) in [5.74, 6) is 0.480. The lowest BCUT2D eigenvalue weighted by atomic mass is 10.0. The van der Waals surface area contributed by atoms with Crippen LogP contribution in [0.25, 0.3) is 0 Å². The van der Waals surface area contributed by atoms with Crippen molar-refractivity contribution in [1.29, 1.82) is 0 Å². The Morgan fingerprint density at radius 1 is 1.17 bits per heavy atom. The Bertz CT molecular complexity index is 466. The van der Waals surface area contributed by atoms with Crippen LogP contribution in [0.1, 0.15) is 37.8 Å². The summed E-state index contributed by atoms with van der Waals surface area (Å²) < 4.78 is 26.0. The summed E-state index contributed by atoms with van der Waals surface area (Å²) in [7, 11) is -3.31. The van der Waals surface area contributed by atoms with Gasteiger partial charge >= 0.3 is 0 Å². The Morgan fingerprint density at radius 3 is 2.17 bits per heavy atom. The van der Waals surface area contributed by atoms with E-state index < -0.39 is 15.3 Å². The molecule has 1 aromatic rings. The topological polar surface area (TPSA) is 72.2 Å². The van der Waals surface area contributed by atoms with E-state index in [-0.39, 0.29) is 6.54 Å². The van der Waals surface area contributed by atoms with Gasteiger partial charge in [0.25, 0.3) is 0 Å². The van der Waals surface area contributed by atoms with E-state index in [1.165, 1.54) is 5.56 Å². The Labute approximate surface area is 110 Å². The molecule has 0 bridgehead atoms. The zero-order chi connectivity index (χ0) is 13.8. The van der Waals surface area contributed by atoms with Gasteiger partial charge in [0.15, 0.2) is 0 Å². The van der Waals surface area contributed by atoms with Gasteiger partial charge in [-0.2, -0.15) is 0 Å². The molecule has 0 aliphatic carbocycles. The largest absolute Gasteiger partial charge is 0.329 e. The molecule has 0 aliphatic heterocycles. The van der Waals surface area contributed by atoms with Crippen molar-refractivity contribution >= 4 is 10.0 Å². The molecular weight excluding hydrogens is 248 g/mol. The van der Waals surface area contributed by atoms with Crippen LogP contribution in [0.2, 0.25) is 0 Å². The highest BCUT2D eigenvalue weighted by atomic mass is 32.2. The molecule has 0 fully saturated rings. The first-order chi connectivity index (χ1) is 8.36. The molecular formula is C13H22N2O2S. The highest BCUT2D eigenvalue weighted by Gasteiger charge is 2.18. The monoisotopic (exact) mass is 270 g/mol. The molecule has 1 unspecified atom stereocenters. The molecule has 18 heavy (non-hydrogen) atoms. The molecule has 0 saturated heterocycles. The first-order valence-electron chi connectivity index (χ1n) is 6.14. The molecule has 0 saturated carbocycles. The Kier molecular flexibility index (Phi) is 5.31. The average molecular weight is 270 g/mol. The minimum Gasteiger partial charge on any atom is -0.329 e. The number of nitrogens with one attached hydrogen (secondary N) is 1. The van der Waals surface area contributed by atoms with Crippen molar-refractivity contribution in [1.82, 2.24) is 4.72 Å². The molecule has 0 aromatic heterocycles. The Hall–Kier alpha value is -0.910. The molecule has 5 heteroatoms. The van der Waals surface area contributed by atoms with E-state index in [0.29, 0.717) is 12.5 Å². The SMILES string of the molecule is CC(C)c1ccc(CNS(=O)(=O)C(C)CN)cc1. The molecule has 4 nitrogen and oxygen atoms in total. The summed E-state index contributed by atoms with van der Waals surface area (Å²) in [6, 6.07) is 7.96. The van der Waals surface area contributed by atoms with Crippen molar-refractivity contribution in [2.24, 2.45) is 5.73 Å². The van der Waals surface area contributed by atoms with Crippen LogP contribution in [-0.4, -0.2) is 20.2 Å². The second-order valence-corrected chi connectivity index (χ2v) is 6.99. The normalized spacial score (nSPS) is 13.8. The van der Waals surface area contributed by atoms with Crippen molar-refractivity contribution in [2.45, 2.75) is 38.5 Å². The lowest BCUT2D eigenvalue weighted by molar-refractivity contribution is 0.568. The fourth-order valence-electron chi connectivity index (χ4n) is 1.47. The van der Waals surface area contributed by atoms with Gasteiger partial charge in [-0.15, -0.1) is 0 Å². The predicted octanol–water partition coefficient (Wildman–Crippen LogP) is 1.58. The van der Waals surface area contributed by atoms with Gasteiger partial charge in [0, 0.05) is 13.1 Å². The quantitative estimate of drug-likeness (QED) is 0.824. The molecule has 0 radical (unpaired) electrons. The highest BCUT2D eigenvalue weighted by molar-refractivity contribution is 7.90. The molecule has 0 spiro atoms. The first-order valence-corrected chi connectivity index (χ1v) is 7.69. The number of hydrogen-bond donors (Lipinski definition) is 2. The fraction of sp³-hybridized carbons (Fsp3) is 0.538. The van der Waals surface area contributed by atoms with Gasteiger partial charge in [-0.25, -0.2) is 13.1 Å². The average Bonchev–Trinajstić information content (AvgIpc) is 2.35. The van der Waals surface area contributed by atoms with Crippen molar-refractivity contribution in [2.75, 3.05) is 6.54 Å². The van der Waals surface area contributed by atoms with Crippen molar-refractivity contribution in [3.63, 3.8) is 0 Å². The minimum absolute atomic E-state index is 0.127. The highest BCUT2D eigenvalue weighted by Crippen LogP contribution is 2.14. The van der Waals surface area contributed by atoms with Gasteiger partial charge in [0.1, 0.15) is 0 Å². The number of rotatable bonds is 6. The molecule has 1 aromatic carbocycles. The van der Waals surface area contributed by atoms with Gasteiger partial charge in [-0.1, -0.05) is 38.1 Å². The first kappa shape index (κ1) is 15.1. The third-order valence-corrected chi connectivity index (χ3v) is 4.78. The number of hydrogen-bond acceptors (Lipinski definition) is 3. The maximum atomic E-state index is 11.7. The van der Waals surface area contributed by atoms with Gasteiger partial charge in [-0.3, -0.25) is 0 Å². The van der Waals surface area contributed by atoms with E-state index in [1.54, 1.807) is 6.92 Å². The molecule has 0 amide bonds. The lowest BCUT2D eigenvalue weighted by Gasteiger charge is -2.12. The smallest absolute Gasteiger partial charge is 0.215 e. The minimum atomic E-state index is -3.31. The molecule has 1 atom stereocenters. The van der Waals surface area contributed by atoms with Crippen LogP contribution in [0.15, 0.2) is 24.3 Å². The maximum absolute atomic E-state index is 11.7. The van der Waals surface area contributed by atoms with E-state index in [0.717, 1.165) is 5.56 Å². The van der Waals surface area contributed by atoms with Gasteiger partial charge in [0.05, 0.1) is 5.25 Å². The summed E-state index contributed by atoms with van der Waals surface area (Å²) in [5, 5.41) is -0.563. The maximum Gasteiger partial charge on any atom is 0.215 e. The third-order valence-electron chi connectivity index (χ3n) is 2.99. The third kappa shape index (κ3) is 4.08. The van der Waals surface area contributed by atoms with Crippen LogP contribution in [0.5, 0.6) is 0 Å². The van der Waals surface area contributed by atoms with E-state index in [2.05, 4.69) is 18.6 Å². The molecule has 3 N–H and O–H groups in total. The molecule has 0 heterocycles. The summed E-state index contributed by atoms with van der Waals surface area (Å²) in [4.78, 5) is 0. The second kappa shape index (κ2) is 6.31. The second-order valence-electron chi connectivity index (χ2n) is 4.81. The zero-order valence-electron chi connectivity index (χ0n) is 11.2. The summed E-state index contributed by atoms with van der Waals surface area (Å²) in [6.45, 7) is 6.29.